The number of carboxylic acids is 2. The standard InChI is InChI=1S/C17H26N4O8/c1-9(22)19-10(4-6-13(18)23)15(26)20-11(5-7-14(24)25)16(27)21-8-2-3-12(21)17(28)29/h10-12H,2-8H2,1H3,(H2,18,23)(H,19,22)(H,20,26)(H,24,25)(H,28,29)/t10-,11-,12-/m0/s1. The number of hydrogen-bond donors (Lipinski definition) is 5. The van der Waals surface area contributed by atoms with Gasteiger partial charge in [0, 0.05) is 26.3 Å². The molecule has 12 heteroatoms. The Bertz CT molecular complexity index is 680. The van der Waals surface area contributed by atoms with Crippen molar-refractivity contribution in [2.45, 2.75) is 63.6 Å². The molecule has 6 N–H and O–H groups in total. The van der Waals surface area contributed by atoms with Gasteiger partial charge in [-0.15, -0.1) is 0 Å². The molecular weight excluding hydrogens is 388 g/mol. The molecule has 0 aromatic heterocycles. The first-order chi connectivity index (χ1) is 13.5. The predicted octanol–water partition coefficient (Wildman–Crippen LogP) is -1.82. The van der Waals surface area contributed by atoms with E-state index in [0.717, 1.165) is 4.90 Å². The van der Waals surface area contributed by atoms with E-state index >= 15 is 0 Å². The maximum absolute atomic E-state index is 12.8. The van der Waals surface area contributed by atoms with Crippen LogP contribution in [0.4, 0.5) is 0 Å². The molecule has 1 rings (SSSR count). The zero-order valence-electron chi connectivity index (χ0n) is 16.1. The Morgan fingerprint density at radius 2 is 1.66 bits per heavy atom. The van der Waals surface area contributed by atoms with Gasteiger partial charge in [0.05, 0.1) is 0 Å². The van der Waals surface area contributed by atoms with Crippen molar-refractivity contribution in [1.82, 2.24) is 15.5 Å². The number of nitrogens with zero attached hydrogens (tertiary/aromatic N) is 1. The Morgan fingerprint density at radius 3 is 2.17 bits per heavy atom. The van der Waals surface area contributed by atoms with Gasteiger partial charge >= 0.3 is 11.9 Å². The van der Waals surface area contributed by atoms with Gasteiger partial charge in [-0.3, -0.25) is 24.0 Å². The monoisotopic (exact) mass is 414 g/mol. The molecule has 29 heavy (non-hydrogen) atoms. The number of likely N-dealkylation sites (tertiary alicyclic amines) is 1. The molecule has 3 atom stereocenters. The van der Waals surface area contributed by atoms with E-state index in [9.17, 15) is 33.9 Å². The van der Waals surface area contributed by atoms with Crippen molar-refractivity contribution in [3.05, 3.63) is 0 Å². The van der Waals surface area contributed by atoms with E-state index in [2.05, 4.69) is 10.6 Å². The van der Waals surface area contributed by atoms with Gasteiger partial charge in [0.2, 0.25) is 23.6 Å². The van der Waals surface area contributed by atoms with Crippen LogP contribution in [0.5, 0.6) is 0 Å². The van der Waals surface area contributed by atoms with Crippen molar-refractivity contribution in [1.29, 1.82) is 0 Å². The summed E-state index contributed by atoms with van der Waals surface area (Å²) in [5.74, 6) is -5.11. The molecule has 0 bridgehead atoms. The molecule has 0 saturated carbocycles. The third-order valence-electron chi connectivity index (χ3n) is 4.46. The lowest BCUT2D eigenvalue weighted by Gasteiger charge is -2.28. The summed E-state index contributed by atoms with van der Waals surface area (Å²) in [6.45, 7) is 1.34. The van der Waals surface area contributed by atoms with E-state index in [4.69, 9.17) is 10.8 Å². The Balaban J connectivity index is 2.96. The van der Waals surface area contributed by atoms with Gasteiger partial charge in [-0.1, -0.05) is 0 Å². The van der Waals surface area contributed by atoms with E-state index in [1.165, 1.54) is 6.92 Å². The van der Waals surface area contributed by atoms with E-state index in [0.29, 0.717) is 6.42 Å². The number of rotatable bonds is 11. The molecule has 1 aliphatic rings. The largest absolute Gasteiger partial charge is 0.481 e. The number of carbonyl (C=O) groups is 6. The van der Waals surface area contributed by atoms with Crippen molar-refractivity contribution in [2.24, 2.45) is 5.73 Å². The Kier molecular flexibility index (Phi) is 9.03. The second-order valence-electron chi connectivity index (χ2n) is 6.78. The number of carboxylic acid groups (broad SMARTS) is 2. The van der Waals surface area contributed by atoms with Crippen LogP contribution in [0.2, 0.25) is 0 Å². The molecule has 1 fully saturated rings. The molecule has 0 aliphatic carbocycles. The summed E-state index contributed by atoms with van der Waals surface area (Å²) in [7, 11) is 0. The van der Waals surface area contributed by atoms with Crippen molar-refractivity contribution in [2.75, 3.05) is 6.54 Å². The molecule has 162 valence electrons. The zero-order chi connectivity index (χ0) is 22.1. The zero-order valence-corrected chi connectivity index (χ0v) is 16.1. The van der Waals surface area contributed by atoms with Crippen LogP contribution in [0, 0.1) is 0 Å². The average Bonchev–Trinajstić information content (AvgIpc) is 3.10. The minimum Gasteiger partial charge on any atom is -0.481 e. The Morgan fingerprint density at radius 1 is 1.03 bits per heavy atom. The van der Waals surface area contributed by atoms with Crippen LogP contribution in [0.15, 0.2) is 0 Å². The highest BCUT2D eigenvalue weighted by Crippen LogP contribution is 2.19. The first-order valence-corrected chi connectivity index (χ1v) is 9.13. The number of carbonyl (C=O) groups excluding carboxylic acids is 4. The fourth-order valence-corrected chi connectivity index (χ4v) is 3.09. The molecular formula is C17H26N4O8. The van der Waals surface area contributed by atoms with Crippen LogP contribution in [-0.2, 0) is 28.8 Å². The molecule has 0 radical (unpaired) electrons. The molecule has 1 aliphatic heterocycles. The third kappa shape index (κ3) is 7.76. The lowest BCUT2D eigenvalue weighted by molar-refractivity contribution is -0.150. The van der Waals surface area contributed by atoms with Crippen molar-refractivity contribution in [3.8, 4) is 0 Å². The summed E-state index contributed by atoms with van der Waals surface area (Å²) in [5, 5.41) is 22.9. The summed E-state index contributed by atoms with van der Waals surface area (Å²) in [4.78, 5) is 71.1. The number of nitrogens with one attached hydrogen (secondary N) is 2. The smallest absolute Gasteiger partial charge is 0.326 e. The van der Waals surface area contributed by atoms with Crippen molar-refractivity contribution < 1.29 is 39.0 Å². The van der Waals surface area contributed by atoms with Gasteiger partial charge in [-0.05, 0) is 25.7 Å². The number of amides is 4. The molecule has 4 amide bonds. The van der Waals surface area contributed by atoms with Crippen LogP contribution in [0.25, 0.3) is 0 Å². The van der Waals surface area contributed by atoms with Gasteiger partial charge < -0.3 is 31.5 Å². The first-order valence-electron chi connectivity index (χ1n) is 9.13. The molecule has 1 saturated heterocycles. The molecule has 0 aromatic rings. The number of nitrogens with two attached hydrogens (primary N) is 1. The normalized spacial score (nSPS) is 17.8. The second-order valence-corrected chi connectivity index (χ2v) is 6.78. The second kappa shape index (κ2) is 11.0. The lowest BCUT2D eigenvalue weighted by Crippen LogP contribution is -2.55. The summed E-state index contributed by atoms with van der Waals surface area (Å²) in [6.07, 6.45) is -0.273. The van der Waals surface area contributed by atoms with Gasteiger partial charge in [-0.2, -0.15) is 0 Å². The van der Waals surface area contributed by atoms with E-state index in [1.54, 1.807) is 0 Å². The quantitative estimate of drug-likeness (QED) is 0.260. The van der Waals surface area contributed by atoms with E-state index < -0.39 is 60.1 Å². The SMILES string of the molecule is CC(=O)N[C@@H](CCC(N)=O)C(=O)N[C@@H](CCC(=O)O)C(=O)N1CCC[C@H]1C(=O)O. The molecule has 0 aromatic carbocycles. The highest BCUT2D eigenvalue weighted by molar-refractivity contribution is 5.93. The van der Waals surface area contributed by atoms with Gasteiger partial charge in [0.15, 0.2) is 0 Å². The highest BCUT2D eigenvalue weighted by Gasteiger charge is 2.38. The number of aliphatic carboxylic acids is 2. The lowest BCUT2D eigenvalue weighted by atomic mass is 10.1. The Hall–Kier alpha value is -3.18. The third-order valence-corrected chi connectivity index (χ3v) is 4.46. The maximum Gasteiger partial charge on any atom is 0.326 e. The summed E-state index contributed by atoms with van der Waals surface area (Å²) in [6, 6.07) is -3.50. The van der Waals surface area contributed by atoms with E-state index in [-0.39, 0.29) is 32.2 Å². The van der Waals surface area contributed by atoms with Gasteiger partial charge in [0.25, 0.3) is 0 Å². The van der Waals surface area contributed by atoms with Crippen LogP contribution < -0.4 is 16.4 Å². The van der Waals surface area contributed by atoms with Crippen LogP contribution >= 0.6 is 0 Å². The minimum atomic E-state index is -1.29. The fraction of sp³-hybridized carbons (Fsp3) is 0.647. The van der Waals surface area contributed by atoms with Crippen LogP contribution in [-0.4, -0.2) is 75.4 Å². The van der Waals surface area contributed by atoms with Gasteiger partial charge in [-0.25, -0.2) is 4.79 Å². The fourth-order valence-electron chi connectivity index (χ4n) is 3.09. The van der Waals surface area contributed by atoms with Crippen molar-refractivity contribution >= 4 is 35.6 Å². The number of hydrogen-bond acceptors (Lipinski definition) is 6. The average molecular weight is 414 g/mol. The molecule has 1 heterocycles. The van der Waals surface area contributed by atoms with Crippen LogP contribution in [0.3, 0.4) is 0 Å². The van der Waals surface area contributed by atoms with E-state index in [1.807, 2.05) is 0 Å². The summed E-state index contributed by atoms with van der Waals surface area (Å²) in [5.41, 5.74) is 5.06. The van der Waals surface area contributed by atoms with Crippen LogP contribution in [0.1, 0.15) is 45.4 Å². The van der Waals surface area contributed by atoms with Gasteiger partial charge in [0.1, 0.15) is 18.1 Å². The maximum atomic E-state index is 12.8. The predicted molar refractivity (Wildman–Crippen MR) is 97.2 cm³/mol. The molecule has 0 unspecified atom stereocenters. The first kappa shape index (κ1) is 23.9. The molecule has 12 nitrogen and oxygen atoms in total. The summed E-state index contributed by atoms with van der Waals surface area (Å²) < 4.78 is 0. The highest BCUT2D eigenvalue weighted by atomic mass is 16.4. The number of primary amides is 1. The topological polar surface area (TPSA) is 196 Å². The molecule has 0 spiro atoms. The van der Waals surface area contributed by atoms with Crippen molar-refractivity contribution in [3.63, 3.8) is 0 Å². The summed E-state index contributed by atoms with van der Waals surface area (Å²) >= 11 is 0. The Labute approximate surface area is 166 Å². The minimum absolute atomic E-state index is 0.109.